The van der Waals surface area contributed by atoms with Crippen molar-refractivity contribution < 1.29 is 9.59 Å². The number of hydrogen-bond donors (Lipinski definition) is 3. The lowest BCUT2D eigenvalue weighted by molar-refractivity contribution is -0.115. The van der Waals surface area contributed by atoms with Gasteiger partial charge in [0.15, 0.2) is 10.3 Å². The third kappa shape index (κ3) is 3.53. The molecule has 1 fully saturated rings. The van der Waals surface area contributed by atoms with E-state index in [1.807, 2.05) is 30.5 Å². The molecule has 130 valence electrons. The summed E-state index contributed by atoms with van der Waals surface area (Å²) in [6, 6.07) is 7.77. The third-order valence-electron chi connectivity index (χ3n) is 3.50. The molecular formula is C17H13N5O2S2. The summed E-state index contributed by atoms with van der Waals surface area (Å²) in [4.78, 5) is 36.3. The van der Waals surface area contributed by atoms with Gasteiger partial charge in [0.2, 0.25) is 5.91 Å². The zero-order valence-corrected chi connectivity index (χ0v) is 15.2. The molecule has 0 radical (unpaired) electrons. The highest BCUT2D eigenvalue weighted by atomic mass is 32.2. The summed E-state index contributed by atoms with van der Waals surface area (Å²) in [5.74, 6) is -0.383. The first-order valence-electron chi connectivity index (χ1n) is 7.67. The summed E-state index contributed by atoms with van der Waals surface area (Å²) in [5, 5.41) is 7.48. The van der Waals surface area contributed by atoms with Crippen molar-refractivity contribution in [3.63, 3.8) is 0 Å². The number of thioether (sulfide) groups is 1. The molecule has 0 unspecified atom stereocenters. The van der Waals surface area contributed by atoms with Crippen LogP contribution in [0.15, 0.2) is 46.6 Å². The summed E-state index contributed by atoms with van der Waals surface area (Å²) in [5.41, 5.74) is 1.81. The molecule has 0 atom stereocenters. The smallest absolute Gasteiger partial charge is 0.264 e. The lowest BCUT2D eigenvalue weighted by atomic mass is 10.2. The monoisotopic (exact) mass is 383 g/mol. The Balaban J connectivity index is 1.54. The van der Waals surface area contributed by atoms with E-state index in [1.54, 1.807) is 12.3 Å². The highest BCUT2D eigenvalue weighted by molar-refractivity contribution is 8.18. The van der Waals surface area contributed by atoms with Crippen molar-refractivity contribution >= 4 is 67.9 Å². The van der Waals surface area contributed by atoms with Gasteiger partial charge >= 0.3 is 0 Å². The van der Waals surface area contributed by atoms with E-state index in [2.05, 4.69) is 25.6 Å². The van der Waals surface area contributed by atoms with Crippen molar-refractivity contribution in [3.8, 4) is 0 Å². The van der Waals surface area contributed by atoms with Crippen LogP contribution in [0.2, 0.25) is 0 Å². The van der Waals surface area contributed by atoms with Gasteiger partial charge in [-0.05, 0) is 42.1 Å². The van der Waals surface area contributed by atoms with Gasteiger partial charge in [-0.3, -0.25) is 9.59 Å². The van der Waals surface area contributed by atoms with Crippen molar-refractivity contribution in [2.75, 3.05) is 5.32 Å². The van der Waals surface area contributed by atoms with E-state index in [1.165, 1.54) is 30.0 Å². The standard InChI is InChI=1S/C17H13N5O2S2/c1-9(23)20-16-19-8-12(25-16)7-14-15(24)22-17(26-14)21-11-2-3-13-10(6-11)4-5-18-13/h2-8,18H,1H3,(H,19,20,23)(H,21,22,24). The predicted octanol–water partition coefficient (Wildman–Crippen LogP) is 3.47. The van der Waals surface area contributed by atoms with E-state index in [4.69, 9.17) is 0 Å². The van der Waals surface area contributed by atoms with Gasteiger partial charge in [0.1, 0.15) is 0 Å². The minimum atomic E-state index is -0.203. The highest BCUT2D eigenvalue weighted by Crippen LogP contribution is 2.30. The number of fused-ring (bicyclic) bond motifs is 1. The van der Waals surface area contributed by atoms with Crippen LogP contribution in [0.3, 0.4) is 0 Å². The van der Waals surface area contributed by atoms with Crippen molar-refractivity contribution in [1.29, 1.82) is 0 Å². The topological polar surface area (TPSA) is 99.2 Å². The minimum Gasteiger partial charge on any atom is -0.361 e. The molecule has 1 aliphatic rings. The molecule has 0 spiro atoms. The first kappa shape index (κ1) is 16.6. The minimum absolute atomic E-state index is 0.180. The predicted molar refractivity (Wildman–Crippen MR) is 106 cm³/mol. The summed E-state index contributed by atoms with van der Waals surface area (Å²) >= 11 is 2.57. The van der Waals surface area contributed by atoms with Crippen LogP contribution in [-0.2, 0) is 9.59 Å². The van der Waals surface area contributed by atoms with E-state index < -0.39 is 0 Å². The number of aromatic amines is 1. The van der Waals surface area contributed by atoms with E-state index in [9.17, 15) is 9.59 Å². The van der Waals surface area contributed by atoms with Gasteiger partial charge in [0.05, 0.1) is 15.5 Å². The van der Waals surface area contributed by atoms with Gasteiger partial charge < -0.3 is 15.6 Å². The lowest BCUT2D eigenvalue weighted by Gasteiger charge is -1.97. The number of H-pyrrole nitrogens is 1. The molecule has 0 saturated carbocycles. The Kier molecular flexibility index (Phi) is 4.31. The van der Waals surface area contributed by atoms with Crippen LogP contribution in [0, 0.1) is 0 Å². The Morgan fingerprint density at radius 1 is 1.35 bits per heavy atom. The second-order valence-electron chi connectivity index (χ2n) is 5.48. The van der Waals surface area contributed by atoms with Crippen LogP contribution in [-0.4, -0.2) is 26.9 Å². The molecule has 3 aromatic rings. The van der Waals surface area contributed by atoms with Crippen molar-refractivity contribution in [3.05, 3.63) is 46.4 Å². The number of aliphatic imine (C=N–C) groups is 1. The van der Waals surface area contributed by atoms with Crippen LogP contribution in [0.5, 0.6) is 0 Å². The summed E-state index contributed by atoms with van der Waals surface area (Å²) in [7, 11) is 0. The quantitative estimate of drug-likeness (QED) is 0.603. The number of nitrogens with one attached hydrogen (secondary N) is 3. The number of amides is 2. The van der Waals surface area contributed by atoms with Crippen molar-refractivity contribution in [2.24, 2.45) is 4.99 Å². The fourth-order valence-corrected chi connectivity index (χ4v) is 4.11. The number of hydrogen-bond acceptors (Lipinski definition) is 6. The number of carbonyl (C=O) groups excluding carboxylic acids is 2. The first-order chi connectivity index (χ1) is 12.6. The molecule has 2 aromatic heterocycles. The number of benzene rings is 1. The summed E-state index contributed by atoms with van der Waals surface area (Å²) in [6.07, 6.45) is 5.23. The fourth-order valence-electron chi connectivity index (χ4n) is 2.40. The summed E-state index contributed by atoms with van der Waals surface area (Å²) < 4.78 is 0. The van der Waals surface area contributed by atoms with Crippen LogP contribution < -0.4 is 10.6 Å². The molecule has 0 aliphatic carbocycles. The molecule has 4 rings (SSSR count). The van der Waals surface area contributed by atoms with Crippen LogP contribution >= 0.6 is 23.1 Å². The molecule has 3 heterocycles. The molecule has 3 N–H and O–H groups in total. The van der Waals surface area contributed by atoms with Crippen LogP contribution in [0.1, 0.15) is 11.8 Å². The number of aromatic nitrogens is 2. The van der Waals surface area contributed by atoms with E-state index in [0.29, 0.717) is 15.2 Å². The van der Waals surface area contributed by atoms with Gasteiger partial charge in [-0.25, -0.2) is 9.98 Å². The molecular weight excluding hydrogens is 370 g/mol. The van der Waals surface area contributed by atoms with Gasteiger partial charge in [0.25, 0.3) is 5.91 Å². The largest absolute Gasteiger partial charge is 0.361 e. The molecule has 2 amide bonds. The zero-order chi connectivity index (χ0) is 18.1. The van der Waals surface area contributed by atoms with E-state index in [-0.39, 0.29) is 11.8 Å². The number of amidine groups is 1. The average molecular weight is 383 g/mol. The second-order valence-corrected chi connectivity index (χ2v) is 7.57. The van der Waals surface area contributed by atoms with Gasteiger partial charge in [0, 0.05) is 30.2 Å². The van der Waals surface area contributed by atoms with Crippen molar-refractivity contribution in [2.45, 2.75) is 6.92 Å². The third-order valence-corrected chi connectivity index (χ3v) is 5.27. The number of thiazole rings is 1. The van der Waals surface area contributed by atoms with Gasteiger partial charge in [-0.2, -0.15) is 0 Å². The number of nitrogens with zero attached hydrogens (tertiary/aromatic N) is 2. The number of carbonyl (C=O) groups is 2. The molecule has 1 aliphatic heterocycles. The molecule has 7 nitrogen and oxygen atoms in total. The van der Waals surface area contributed by atoms with E-state index in [0.717, 1.165) is 21.5 Å². The molecule has 1 saturated heterocycles. The Morgan fingerprint density at radius 3 is 3.08 bits per heavy atom. The SMILES string of the molecule is CC(=O)Nc1ncc(C=C2SC(=Nc3ccc4[nH]ccc4c3)NC2=O)s1. The van der Waals surface area contributed by atoms with Crippen LogP contribution in [0.25, 0.3) is 17.0 Å². The maximum atomic E-state index is 12.2. The Morgan fingerprint density at radius 2 is 2.23 bits per heavy atom. The van der Waals surface area contributed by atoms with Gasteiger partial charge in [-0.1, -0.05) is 11.3 Å². The maximum Gasteiger partial charge on any atom is 0.264 e. The normalized spacial score (nSPS) is 17.2. The highest BCUT2D eigenvalue weighted by Gasteiger charge is 2.24. The Labute approximate surface area is 156 Å². The van der Waals surface area contributed by atoms with Gasteiger partial charge in [-0.15, -0.1) is 0 Å². The Hall–Kier alpha value is -2.91. The molecule has 1 aromatic carbocycles. The van der Waals surface area contributed by atoms with Crippen molar-refractivity contribution in [1.82, 2.24) is 15.3 Å². The van der Waals surface area contributed by atoms with E-state index >= 15 is 0 Å². The number of anilines is 1. The molecule has 9 heteroatoms. The summed E-state index contributed by atoms with van der Waals surface area (Å²) in [6.45, 7) is 1.42. The fraction of sp³-hybridized carbons (Fsp3) is 0.0588. The molecule has 0 bridgehead atoms. The zero-order valence-electron chi connectivity index (χ0n) is 13.6. The maximum absolute atomic E-state index is 12.2. The lowest BCUT2D eigenvalue weighted by Crippen LogP contribution is -2.19. The number of rotatable bonds is 3. The Bertz CT molecular complexity index is 1080. The average Bonchev–Trinajstić information content (AvgIpc) is 3.29. The second kappa shape index (κ2) is 6.77. The first-order valence-corrected chi connectivity index (χ1v) is 9.30. The van der Waals surface area contributed by atoms with Crippen LogP contribution in [0.4, 0.5) is 10.8 Å². The molecule has 26 heavy (non-hydrogen) atoms.